The van der Waals surface area contributed by atoms with Gasteiger partial charge in [-0.15, -0.1) is 0 Å². The minimum atomic E-state index is -3.69. The molecule has 0 aliphatic carbocycles. The van der Waals surface area contributed by atoms with Crippen molar-refractivity contribution in [2.45, 2.75) is 17.7 Å². The van der Waals surface area contributed by atoms with Gasteiger partial charge in [-0.25, -0.2) is 8.42 Å². The number of amides is 1. The second kappa shape index (κ2) is 9.57. The maximum atomic E-state index is 13.1. The lowest BCUT2D eigenvalue weighted by molar-refractivity contribution is -0.123. The van der Waals surface area contributed by atoms with Gasteiger partial charge in [-0.3, -0.25) is 4.79 Å². The predicted molar refractivity (Wildman–Crippen MR) is 117 cm³/mol. The van der Waals surface area contributed by atoms with Crippen molar-refractivity contribution in [2.24, 2.45) is 5.92 Å². The fraction of sp³-hybridized carbons (Fsp3) is 0.409. The average molecular weight is 449 g/mol. The Bertz CT molecular complexity index is 1030. The van der Waals surface area contributed by atoms with Crippen LogP contribution in [0.4, 0.5) is 5.69 Å². The summed E-state index contributed by atoms with van der Waals surface area (Å²) in [6.07, 6.45) is 0.916. The lowest BCUT2D eigenvalue weighted by atomic mass is 9.96. The standard InChI is InChI=1S/C22H28N2O6S/c1-23(17-6-5-7-18(14-17)28-2)22(25)16-10-12-24(13-11-16)31(26,27)19-8-9-20(29-3)21(15-19)30-4/h5-9,14-16H,10-13H2,1-4H3. The highest BCUT2D eigenvalue weighted by Crippen LogP contribution is 2.32. The molecule has 1 saturated heterocycles. The second-order valence-electron chi connectivity index (χ2n) is 7.29. The number of methoxy groups -OCH3 is 3. The molecule has 0 atom stereocenters. The molecule has 1 heterocycles. The number of benzene rings is 2. The molecule has 3 rings (SSSR count). The summed E-state index contributed by atoms with van der Waals surface area (Å²) in [6, 6.07) is 11.8. The first-order valence-electron chi connectivity index (χ1n) is 9.95. The summed E-state index contributed by atoms with van der Waals surface area (Å²) in [5.74, 6) is 1.22. The summed E-state index contributed by atoms with van der Waals surface area (Å²) in [5, 5.41) is 0. The maximum Gasteiger partial charge on any atom is 0.243 e. The van der Waals surface area contributed by atoms with Crippen molar-refractivity contribution in [1.29, 1.82) is 0 Å². The summed E-state index contributed by atoms with van der Waals surface area (Å²) < 4.78 is 43.2. The Balaban J connectivity index is 1.69. The molecule has 0 unspecified atom stereocenters. The lowest BCUT2D eigenvalue weighted by Crippen LogP contribution is -2.43. The number of carbonyl (C=O) groups is 1. The van der Waals surface area contributed by atoms with Gasteiger partial charge in [-0.2, -0.15) is 4.31 Å². The number of carbonyl (C=O) groups excluding carboxylic acids is 1. The van der Waals surface area contributed by atoms with E-state index in [4.69, 9.17) is 14.2 Å². The molecule has 2 aromatic rings. The Morgan fingerprint density at radius 3 is 2.26 bits per heavy atom. The van der Waals surface area contributed by atoms with Gasteiger partial charge in [0.05, 0.1) is 26.2 Å². The van der Waals surface area contributed by atoms with E-state index < -0.39 is 10.0 Å². The maximum absolute atomic E-state index is 13.1. The van der Waals surface area contributed by atoms with E-state index in [-0.39, 0.29) is 29.8 Å². The largest absolute Gasteiger partial charge is 0.497 e. The van der Waals surface area contributed by atoms with Crippen LogP contribution in [0, 0.1) is 5.92 Å². The van der Waals surface area contributed by atoms with E-state index in [0.29, 0.717) is 30.1 Å². The molecule has 0 bridgehead atoms. The van der Waals surface area contributed by atoms with E-state index >= 15 is 0 Å². The predicted octanol–water partition coefficient (Wildman–Crippen LogP) is 2.78. The lowest BCUT2D eigenvalue weighted by Gasteiger charge is -2.32. The van der Waals surface area contributed by atoms with Crippen LogP contribution >= 0.6 is 0 Å². The first-order valence-corrected chi connectivity index (χ1v) is 11.4. The Morgan fingerprint density at radius 2 is 1.65 bits per heavy atom. The molecule has 1 aliphatic heterocycles. The van der Waals surface area contributed by atoms with Crippen molar-refractivity contribution in [2.75, 3.05) is 46.4 Å². The second-order valence-corrected chi connectivity index (χ2v) is 9.23. The normalized spacial score (nSPS) is 15.4. The van der Waals surface area contributed by atoms with Crippen molar-refractivity contribution in [1.82, 2.24) is 4.31 Å². The SMILES string of the molecule is COc1cccc(N(C)C(=O)C2CCN(S(=O)(=O)c3ccc(OC)c(OC)c3)CC2)c1. The molecule has 9 heteroatoms. The summed E-state index contributed by atoms with van der Waals surface area (Å²) in [5.41, 5.74) is 0.740. The minimum Gasteiger partial charge on any atom is -0.497 e. The van der Waals surface area contributed by atoms with E-state index in [1.54, 1.807) is 31.2 Å². The van der Waals surface area contributed by atoms with E-state index in [0.717, 1.165) is 5.69 Å². The average Bonchev–Trinajstić information content (AvgIpc) is 2.82. The Morgan fingerprint density at radius 1 is 0.968 bits per heavy atom. The third-order valence-corrected chi connectivity index (χ3v) is 7.46. The van der Waals surface area contributed by atoms with Crippen molar-refractivity contribution in [3.05, 3.63) is 42.5 Å². The number of anilines is 1. The van der Waals surface area contributed by atoms with Gasteiger partial charge in [0.2, 0.25) is 15.9 Å². The zero-order valence-corrected chi connectivity index (χ0v) is 19.0. The monoisotopic (exact) mass is 448 g/mol. The number of ether oxygens (including phenoxy) is 3. The molecule has 1 amide bonds. The molecule has 1 aliphatic rings. The van der Waals surface area contributed by atoms with Crippen LogP contribution in [0.5, 0.6) is 17.2 Å². The summed E-state index contributed by atoms with van der Waals surface area (Å²) >= 11 is 0. The zero-order valence-electron chi connectivity index (χ0n) is 18.2. The number of piperidine rings is 1. The van der Waals surface area contributed by atoms with Gasteiger partial charge < -0.3 is 19.1 Å². The fourth-order valence-electron chi connectivity index (χ4n) is 3.69. The van der Waals surface area contributed by atoms with E-state index in [9.17, 15) is 13.2 Å². The first kappa shape index (κ1) is 22.9. The quantitative estimate of drug-likeness (QED) is 0.648. The van der Waals surface area contributed by atoms with Crippen LogP contribution in [0.25, 0.3) is 0 Å². The molecular weight excluding hydrogens is 420 g/mol. The third-order valence-electron chi connectivity index (χ3n) is 5.57. The van der Waals surface area contributed by atoms with Gasteiger partial charge >= 0.3 is 0 Å². The van der Waals surface area contributed by atoms with Crippen molar-refractivity contribution in [3.8, 4) is 17.2 Å². The van der Waals surface area contributed by atoms with Gasteiger partial charge in [0.1, 0.15) is 5.75 Å². The van der Waals surface area contributed by atoms with Gasteiger partial charge in [-0.05, 0) is 37.1 Å². The number of hydrogen-bond donors (Lipinski definition) is 0. The van der Waals surface area contributed by atoms with E-state index in [2.05, 4.69) is 0 Å². The molecule has 8 nitrogen and oxygen atoms in total. The number of hydrogen-bond acceptors (Lipinski definition) is 6. The summed E-state index contributed by atoms with van der Waals surface area (Å²) in [7, 11) is 2.57. The molecule has 0 spiro atoms. The highest BCUT2D eigenvalue weighted by atomic mass is 32.2. The summed E-state index contributed by atoms with van der Waals surface area (Å²) in [4.78, 5) is 14.7. The van der Waals surface area contributed by atoms with Crippen molar-refractivity contribution < 1.29 is 27.4 Å². The molecular formula is C22H28N2O6S. The van der Waals surface area contributed by atoms with E-state index in [1.165, 1.54) is 30.7 Å². The minimum absolute atomic E-state index is 0.0311. The molecule has 0 aromatic heterocycles. The van der Waals surface area contributed by atoms with Crippen LogP contribution in [-0.2, 0) is 14.8 Å². The van der Waals surface area contributed by atoms with Crippen LogP contribution in [-0.4, -0.2) is 60.1 Å². The van der Waals surface area contributed by atoms with Crippen LogP contribution in [0.2, 0.25) is 0 Å². The molecule has 31 heavy (non-hydrogen) atoms. The highest BCUT2D eigenvalue weighted by Gasteiger charge is 2.34. The molecule has 2 aromatic carbocycles. The Kier molecular flexibility index (Phi) is 7.07. The molecule has 0 radical (unpaired) electrons. The van der Waals surface area contributed by atoms with E-state index in [1.807, 2.05) is 18.2 Å². The third kappa shape index (κ3) is 4.77. The Hall–Kier alpha value is -2.78. The number of sulfonamides is 1. The molecule has 0 N–H and O–H groups in total. The van der Waals surface area contributed by atoms with Gasteiger partial charge in [-0.1, -0.05) is 6.07 Å². The Labute approximate surface area is 183 Å². The van der Waals surface area contributed by atoms with Crippen LogP contribution in [0.1, 0.15) is 12.8 Å². The van der Waals surface area contributed by atoms with Crippen LogP contribution < -0.4 is 19.1 Å². The number of nitrogens with zero attached hydrogens (tertiary/aromatic N) is 2. The fourth-order valence-corrected chi connectivity index (χ4v) is 5.18. The highest BCUT2D eigenvalue weighted by molar-refractivity contribution is 7.89. The molecule has 0 saturated carbocycles. The zero-order chi connectivity index (χ0) is 22.6. The summed E-state index contributed by atoms with van der Waals surface area (Å²) in [6.45, 7) is 0.554. The van der Waals surface area contributed by atoms with Crippen molar-refractivity contribution >= 4 is 21.6 Å². The first-order chi connectivity index (χ1) is 14.8. The topological polar surface area (TPSA) is 85.4 Å². The van der Waals surface area contributed by atoms with Crippen LogP contribution in [0.3, 0.4) is 0 Å². The molecule has 168 valence electrons. The van der Waals surface area contributed by atoms with Crippen molar-refractivity contribution in [3.63, 3.8) is 0 Å². The van der Waals surface area contributed by atoms with Gasteiger partial charge in [0.25, 0.3) is 0 Å². The number of rotatable bonds is 7. The molecule has 1 fully saturated rings. The smallest absolute Gasteiger partial charge is 0.243 e. The van der Waals surface area contributed by atoms with Gasteiger partial charge in [0, 0.05) is 43.9 Å². The van der Waals surface area contributed by atoms with Crippen LogP contribution in [0.15, 0.2) is 47.4 Å². The van der Waals surface area contributed by atoms with Gasteiger partial charge in [0.15, 0.2) is 11.5 Å².